The molecule has 0 aromatic heterocycles. The summed E-state index contributed by atoms with van der Waals surface area (Å²) in [5.74, 6) is -0.340. The number of nitrogens with zero attached hydrogens (tertiary/aromatic N) is 1. The van der Waals surface area contributed by atoms with Crippen molar-refractivity contribution in [2.75, 3.05) is 6.54 Å². The number of rotatable bonds is 7. The van der Waals surface area contributed by atoms with E-state index in [2.05, 4.69) is 4.99 Å². The Labute approximate surface area is 96.3 Å². The van der Waals surface area contributed by atoms with Crippen molar-refractivity contribution < 1.29 is 9.90 Å². The summed E-state index contributed by atoms with van der Waals surface area (Å²) in [4.78, 5) is 14.4. The molecule has 0 aliphatic carbocycles. The van der Waals surface area contributed by atoms with Crippen molar-refractivity contribution in [2.45, 2.75) is 38.6 Å². The van der Waals surface area contributed by atoms with Crippen LogP contribution in [0.2, 0.25) is 0 Å². The maximum absolute atomic E-state index is 10.3. The predicted molar refractivity (Wildman–Crippen MR) is 63.5 cm³/mol. The van der Waals surface area contributed by atoms with Gasteiger partial charge in [-0.2, -0.15) is 0 Å². The van der Waals surface area contributed by atoms with Crippen LogP contribution in [0, 0.1) is 0 Å². The second kappa shape index (κ2) is 9.73. The quantitative estimate of drug-likeness (QED) is 0.346. The molecule has 90 valence electrons. The number of unbranched alkanes of at least 4 members (excludes halogenated alkanes) is 2. The normalized spacial score (nSPS) is 13.1. The number of aliphatic carboxylic acids is 1. The fourth-order valence-corrected chi connectivity index (χ4v) is 1.03. The molecule has 1 atom stereocenters. The average Bonchev–Trinajstić information content (AvgIpc) is 2.09. The van der Waals surface area contributed by atoms with Crippen LogP contribution in [-0.4, -0.2) is 29.5 Å². The number of hydrogen-bond donors (Lipinski definition) is 3. The van der Waals surface area contributed by atoms with Gasteiger partial charge in [0.05, 0.1) is 5.84 Å². The van der Waals surface area contributed by atoms with Crippen LogP contribution in [0.1, 0.15) is 32.6 Å². The molecule has 0 fully saturated rings. The van der Waals surface area contributed by atoms with Crippen LogP contribution < -0.4 is 11.5 Å². The minimum absolute atomic E-state index is 0. The molecular weight excluding hydrogens is 218 g/mol. The molecule has 0 rings (SSSR count). The Morgan fingerprint density at radius 1 is 1.40 bits per heavy atom. The second-order valence-electron chi connectivity index (χ2n) is 3.32. The lowest BCUT2D eigenvalue weighted by molar-refractivity contribution is -0.138. The fourth-order valence-electron chi connectivity index (χ4n) is 1.03. The summed E-state index contributed by atoms with van der Waals surface area (Å²) in [6, 6.07) is -0.727. The van der Waals surface area contributed by atoms with E-state index in [1.54, 1.807) is 6.92 Å². The van der Waals surface area contributed by atoms with Gasteiger partial charge in [0.2, 0.25) is 0 Å². The minimum atomic E-state index is -0.930. The first-order valence-electron chi connectivity index (χ1n) is 4.79. The van der Waals surface area contributed by atoms with Crippen molar-refractivity contribution in [1.82, 2.24) is 0 Å². The number of hydrogen-bond acceptors (Lipinski definition) is 3. The fraction of sp³-hybridized carbons (Fsp3) is 0.778. The summed E-state index contributed by atoms with van der Waals surface area (Å²) in [7, 11) is 0. The largest absolute Gasteiger partial charge is 0.480 e. The summed E-state index contributed by atoms with van der Waals surface area (Å²) in [6.45, 7) is 2.46. The highest BCUT2D eigenvalue weighted by Crippen LogP contribution is 2.02. The van der Waals surface area contributed by atoms with Crippen LogP contribution in [0.5, 0.6) is 0 Å². The maximum Gasteiger partial charge on any atom is 0.320 e. The lowest BCUT2D eigenvalue weighted by atomic mass is 10.1. The second-order valence-corrected chi connectivity index (χ2v) is 3.32. The molecule has 0 aliphatic heterocycles. The molecule has 6 heteroatoms. The lowest BCUT2D eigenvalue weighted by Gasteiger charge is -2.04. The van der Waals surface area contributed by atoms with Gasteiger partial charge in [-0.15, -0.1) is 12.4 Å². The Kier molecular flexibility index (Phi) is 10.8. The van der Waals surface area contributed by atoms with Gasteiger partial charge in [-0.1, -0.05) is 12.8 Å². The van der Waals surface area contributed by atoms with Gasteiger partial charge in [0, 0.05) is 6.54 Å². The van der Waals surface area contributed by atoms with Crippen LogP contribution >= 0.6 is 12.4 Å². The Morgan fingerprint density at radius 3 is 2.47 bits per heavy atom. The molecule has 5 N–H and O–H groups in total. The standard InChI is InChI=1S/C9H19N3O2.ClH/c1-7(10)12-6-4-2-3-5-8(11)9(13)14;/h8H,2-6,11H2,1H3,(H2,10,12)(H,13,14);1H. The van der Waals surface area contributed by atoms with E-state index in [1.165, 1.54) is 0 Å². The van der Waals surface area contributed by atoms with Gasteiger partial charge in [-0.3, -0.25) is 9.79 Å². The SMILES string of the molecule is CC(N)=NCCCCCC(N)C(=O)O.Cl. The van der Waals surface area contributed by atoms with E-state index in [0.717, 1.165) is 19.3 Å². The summed E-state index contributed by atoms with van der Waals surface area (Å²) in [5.41, 5.74) is 10.7. The van der Waals surface area contributed by atoms with Crippen LogP contribution in [0.25, 0.3) is 0 Å². The first kappa shape index (κ1) is 16.6. The van der Waals surface area contributed by atoms with Gasteiger partial charge in [0.25, 0.3) is 0 Å². The van der Waals surface area contributed by atoms with E-state index in [1.807, 2.05) is 0 Å². The van der Waals surface area contributed by atoms with Crippen LogP contribution in [0.4, 0.5) is 0 Å². The van der Waals surface area contributed by atoms with Crippen LogP contribution in [0.15, 0.2) is 4.99 Å². The molecule has 5 nitrogen and oxygen atoms in total. The average molecular weight is 238 g/mol. The van der Waals surface area contributed by atoms with Crippen molar-refractivity contribution in [3.63, 3.8) is 0 Å². The Balaban J connectivity index is 0. The number of amidine groups is 1. The summed E-state index contributed by atoms with van der Waals surface area (Å²) in [5, 5.41) is 8.49. The van der Waals surface area contributed by atoms with E-state index in [0.29, 0.717) is 18.8 Å². The van der Waals surface area contributed by atoms with Crippen molar-refractivity contribution in [2.24, 2.45) is 16.5 Å². The zero-order valence-corrected chi connectivity index (χ0v) is 9.80. The molecule has 0 heterocycles. The van der Waals surface area contributed by atoms with Gasteiger partial charge in [0.1, 0.15) is 6.04 Å². The first-order valence-corrected chi connectivity index (χ1v) is 4.79. The molecule has 0 spiro atoms. The van der Waals surface area contributed by atoms with Gasteiger partial charge in [-0.25, -0.2) is 0 Å². The van der Waals surface area contributed by atoms with E-state index < -0.39 is 12.0 Å². The predicted octanol–water partition coefficient (Wildman–Crippen LogP) is 0.758. The van der Waals surface area contributed by atoms with Crippen molar-refractivity contribution >= 4 is 24.2 Å². The third-order valence-electron chi connectivity index (χ3n) is 1.85. The number of aliphatic imine (C=N–C) groups is 1. The number of carboxylic acids is 1. The number of nitrogens with two attached hydrogens (primary N) is 2. The van der Waals surface area contributed by atoms with Crippen molar-refractivity contribution in [1.29, 1.82) is 0 Å². The molecule has 0 saturated carbocycles. The molecule has 0 saturated heterocycles. The minimum Gasteiger partial charge on any atom is -0.480 e. The summed E-state index contributed by atoms with van der Waals surface area (Å²) < 4.78 is 0. The van der Waals surface area contributed by atoms with Gasteiger partial charge in [0.15, 0.2) is 0 Å². The highest BCUT2D eigenvalue weighted by Gasteiger charge is 2.09. The third-order valence-corrected chi connectivity index (χ3v) is 1.85. The molecule has 15 heavy (non-hydrogen) atoms. The number of carboxylic acid groups (broad SMARTS) is 1. The van der Waals surface area contributed by atoms with E-state index in [-0.39, 0.29) is 12.4 Å². The number of carbonyl (C=O) groups is 1. The van der Waals surface area contributed by atoms with Crippen LogP contribution in [0.3, 0.4) is 0 Å². The zero-order valence-electron chi connectivity index (χ0n) is 8.98. The van der Waals surface area contributed by atoms with Crippen LogP contribution in [-0.2, 0) is 4.79 Å². The molecule has 0 bridgehead atoms. The number of halogens is 1. The maximum atomic E-state index is 10.3. The van der Waals surface area contributed by atoms with Gasteiger partial charge in [-0.05, 0) is 19.8 Å². The van der Waals surface area contributed by atoms with Crippen molar-refractivity contribution in [3.8, 4) is 0 Å². The van der Waals surface area contributed by atoms with Crippen molar-refractivity contribution in [3.05, 3.63) is 0 Å². The highest BCUT2D eigenvalue weighted by atomic mass is 35.5. The Hall–Kier alpha value is -0.810. The van der Waals surface area contributed by atoms with E-state index >= 15 is 0 Å². The molecule has 0 radical (unpaired) electrons. The Morgan fingerprint density at radius 2 is 2.00 bits per heavy atom. The van der Waals surface area contributed by atoms with Gasteiger partial charge < -0.3 is 16.6 Å². The summed E-state index contributed by atoms with van der Waals surface area (Å²) in [6.07, 6.45) is 3.23. The molecule has 0 aliphatic rings. The molecule has 1 unspecified atom stereocenters. The molecule has 0 amide bonds. The molecular formula is C9H20ClN3O2. The van der Waals surface area contributed by atoms with E-state index in [9.17, 15) is 4.79 Å². The smallest absolute Gasteiger partial charge is 0.320 e. The Bertz CT molecular complexity index is 206. The molecule has 0 aromatic rings. The molecule has 0 aromatic carbocycles. The first-order chi connectivity index (χ1) is 6.54. The monoisotopic (exact) mass is 237 g/mol. The lowest BCUT2D eigenvalue weighted by Crippen LogP contribution is -2.29. The summed E-state index contributed by atoms with van der Waals surface area (Å²) >= 11 is 0. The van der Waals surface area contributed by atoms with Gasteiger partial charge >= 0.3 is 5.97 Å². The van der Waals surface area contributed by atoms with E-state index in [4.69, 9.17) is 16.6 Å². The zero-order chi connectivity index (χ0) is 11.0. The third kappa shape index (κ3) is 11.1. The highest BCUT2D eigenvalue weighted by molar-refractivity contribution is 5.85. The topological polar surface area (TPSA) is 102 Å².